The minimum atomic E-state index is 0.635. The molecule has 0 radical (unpaired) electrons. The van der Waals surface area contributed by atoms with Gasteiger partial charge in [-0.1, -0.05) is 19.8 Å². The third kappa shape index (κ3) is 4.03. The summed E-state index contributed by atoms with van der Waals surface area (Å²) in [6, 6.07) is 0. The number of halogens is 1. The van der Waals surface area contributed by atoms with Crippen molar-refractivity contribution in [1.82, 2.24) is 9.97 Å². The van der Waals surface area contributed by atoms with Crippen LogP contribution in [0.2, 0.25) is 0 Å². The predicted molar refractivity (Wildman–Crippen MR) is 67.3 cm³/mol. The van der Waals surface area contributed by atoms with Crippen LogP contribution in [0.1, 0.15) is 26.2 Å². The zero-order valence-electron chi connectivity index (χ0n) is 9.18. The van der Waals surface area contributed by atoms with Crippen LogP contribution in [0.5, 0.6) is 0 Å². The molecular weight excluding hydrogens is 256 g/mol. The number of rotatable bonds is 6. The third-order valence-electron chi connectivity index (χ3n) is 2.04. The van der Waals surface area contributed by atoms with Gasteiger partial charge in [0.25, 0.3) is 0 Å². The second-order valence-electron chi connectivity index (χ2n) is 3.27. The average Bonchev–Trinajstić information content (AvgIpc) is 2.26. The highest BCUT2D eigenvalue weighted by atomic mass is 79.9. The van der Waals surface area contributed by atoms with E-state index in [9.17, 15) is 0 Å². The van der Waals surface area contributed by atoms with Gasteiger partial charge in [-0.2, -0.15) is 4.98 Å². The summed E-state index contributed by atoms with van der Waals surface area (Å²) in [5.74, 6) is 1.49. The highest BCUT2D eigenvalue weighted by molar-refractivity contribution is 9.10. The van der Waals surface area contributed by atoms with E-state index in [0.29, 0.717) is 5.95 Å². The molecule has 0 aromatic carbocycles. The van der Waals surface area contributed by atoms with Crippen LogP contribution < -0.4 is 10.6 Å². The number of aromatic nitrogens is 2. The van der Waals surface area contributed by atoms with Crippen molar-refractivity contribution in [2.24, 2.45) is 0 Å². The average molecular weight is 273 g/mol. The summed E-state index contributed by atoms with van der Waals surface area (Å²) in [4.78, 5) is 8.40. The van der Waals surface area contributed by atoms with E-state index >= 15 is 0 Å². The number of hydrogen-bond donors (Lipinski definition) is 2. The van der Waals surface area contributed by atoms with E-state index in [1.165, 1.54) is 19.3 Å². The van der Waals surface area contributed by atoms with E-state index in [4.69, 9.17) is 0 Å². The van der Waals surface area contributed by atoms with Gasteiger partial charge in [0.1, 0.15) is 5.82 Å². The Bertz CT molecular complexity index is 303. The summed E-state index contributed by atoms with van der Waals surface area (Å²) in [6.45, 7) is 3.15. The van der Waals surface area contributed by atoms with Crippen molar-refractivity contribution in [1.29, 1.82) is 0 Å². The Hall–Kier alpha value is -0.840. The molecule has 1 aromatic rings. The first-order valence-corrected chi connectivity index (χ1v) is 6.01. The zero-order chi connectivity index (χ0) is 11.1. The van der Waals surface area contributed by atoms with Gasteiger partial charge in [0, 0.05) is 19.8 Å². The van der Waals surface area contributed by atoms with E-state index in [1.807, 2.05) is 7.05 Å². The van der Waals surface area contributed by atoms with Crippen molar-refractivity contribution in [3.05, 3.63) is 10.7 Å². The third-order valence-corrected chi connectivity index (χ3v) is 2.62. The fourth-order valence-corrected chi connectivity index (χ4v) is 1.52. The largest absolute Gasteiger partial charge is 0.369 e. The predicted octanol–water partition coefficient (Wildman–Crippen LogP) is 2.88. The Kier molecular flexibility index (Phi) is 5.39. The van der Waals surface area contributed by atoms with Crippen molar-refractivity contribution in [2.45, 2.75) is 26.2 Å². The van der Waals surface area contributed by atoms with Crippen molar-refractivity contribution in [2.75, 3.05) is 24.2 Å². The molecule has 1 aromatic heterocycles. The Morgan fingerprint density at radius 2 is 2.20 bits per heavy atom. The number of unbranched alkanes of at least 4 members (excludes halogenated alkanes) is 2. The highest BCUT2D eigenvalue weighted by Crippen LogP contribution is 2.19. The molecule has 5 heteroatoms. The van der Waals surface area contributed by atoms with Gasteiger partial charge < -0.3 is 10.6 Å². The lowest BCUT2D eigenvalue weighted by Gasteiger charge is -2.08. The smallest absolute Gasteiger partial charge is 0.224 e. The van der Waals surface area contributed by atoms with Crippen LogP contribution in [0.4, 0.5) is 11.8 Å². The lowest BCUT2D eigenvalue weighted by molar-refractivity contribution is 0.742. The van der Waals surface area contributed by atoms with Crippen LogP contribution in [-0.4, -0.2) is 23.6 Å². The maximum absolute atomic E-state index is 4.31. The van der Waals surface area contributed by atoms with Gasteiger partial charge in [-0.05, 0) is 22.4 Å². The first kappa shape index (κ1) is 12.2. The molecule has 15 heavy (non-hydrogen) atoms. The van der Waals surface area contributed by atoms with Crippen LogP contribution >= 0.6 is 15.9 Å². The van der Waals surface area contributed by atoms with Crippen molar-refractivity contribution in [3.8, 4) is 0 Å². The summed E-state index contributed by atoms with van der Waals surface area (Å²) in [5.41, 5.74) is 0. The van der Waals surface area contributed by atoms with Gasteiger partial charge in [0.2, 0.25) is 5.95 Å². The zero-order valence-corrected chi connectivity index (χ0v) is 10.8. The summed E-state index contributed by atoms with van der Waals surface area (Å²) in [7, 11) is 1.81. The first-order chi connectivity index (χ1) is 7.27. The van der Waals surface area contributed by atoms with E-state index < -0.39 is 0 Å². The Balaban J connectivity index is 2.51. The van der Waals surface area contributed by atoms with Crippen molar-refractivity contribution in [3.63, 3.8) is 0 Å². The normalized spacial score (nSPS) is 10.1. The molecule has 84 valence electrons. The minimum absolute atomic E-state index is 0.635. The molecule has 0 fully saturated rings. The van der Waals surface area contributed by atoms with Crippen LogP contribution in [0.3, 0.4) is 0 Å². The van der Waals surface area contributed by atoms with Crippen LogP contribution in [0, 0.1) is 0 Å². The van der Waals surface area contributed by atoms with Gasteiger partial charge in [-0.3, -0.25) is 0 Å². The number of nitrogens with one attached hydrogen (secondary N) is 2. The first-order valence-electron chi connectivity index (χ1n) is 5.22. The van der Waals surface area contributed by atoms with Crippen LogP contribution in [0.15, 0.2) is 10.7 Å². The van der Waals surface area contributed by atoms with Crippen molar-refractivity contribution < 1.29 is 0 Å². The number of nitrogens with zero attached hydrogens (tertiary/aromatic N) is 2. The molecule has 0 aliphatic heterocycles. The topological polar surface area (TPSA) is 49.8 Å². The second kappa shape index (κ2) is 6.61. The molecule has 0 spiro atoms. The van der Waals surface area contributed by atoms with Crippen molar-refractivity contribution >= 4 is 27.7 Å². The molecule has 2 N–H and O–H groups in total. The summed E-state index contributed by atoms with van der Waals surface area (Å²) >= 11 is 3.41. The molecule has 0 unspecified atom stereocenters. The second-order valence-corrected chi connectivity index (χ2v) is 4.13. The van der Waals surface area contributed by atoms with Gasteiger partial charge in [-0.25, -0.2) is 4.98 Å². The Labute approximate surface area is 99.0 Å². The lowest BCUT2D eigenvalue weighted by Crippen LogP contribution is -2.06. The number of anilines is 2. The van der Waals surface area contributed by atoms with Gasteiger partial charge in [-0.15, -0.1) is 0 Å². The lowest BCUT2D eigenvalue weighted by atomic mass is 10.2. The Morgan fingerprint density at radius 1 is 1.40 bits per heavy atom. The monoisotopic (exact) mass is 272 g/mol. The summed E-state index contributed by atoms with van der Waals surface area (Å²) < 4.78 is 0.901. The maximum atomic E-state index is 4.31. The standard InChI is InChI=1S/C10H17BrN4/c1-3-4-5-6-13-9-8(11)7-14-10(12-2)15-9/h7H,3-6H2,1-2H3,(H2,12,13,14,15). The number of hydrogen-bond acceptors (Lipinski definition) is 4. The quantitative estimate of drug-likeness (QED) is 0.782. The molecule has 1 heterocycles. The summed E-state index contributed by atoms with van der Waals surface area (Å²) in [5, 5.41) is 6.20. The molecular formula is C10H17BrN4. The highest BCUT2D eigenvalue weighted by Gasteiger charge is 2.02. The van der Waals surface area contributed by atoms with E-state index in [0.717, 1.165) is 16.8 Å². The van der Waals surface area contributed by atoms with Crippen LogP contribution in [-0.2, 0) is 0 Å². The SMILES string of the molecule is CCCCCNc1nc(NC)ncc1Br. The maximum Gasteiger partial charge on any atom is 0.224 e. The van der Waals surface area contributed by atoms with E-state index in [-0.39, 0.29) is 0 Å². The summed E-state index contributed by atoms with van der Waals surface area (Å²) in [6.07, 6.45) is 5.39. The molecule has 0 aliphatic carbocycles. The molecule has 0 aliphatic rings. The molecule has 4 nitrogen and oxygen atoms in total. The fourth-order valence-electron chi connectivity index (χ4n) is 1.19. The minimum Gasteiger partial charge on any atom is -0.369 e. The fraction of sp³-hybridized carbons (Fsp3) is 0.600. The van der Waals surface area contributed by atoms with Gasteiger partial charge >= 0.3 is 0 Å². The Morgan fingerprint density at radius 3 is 2.87 bits per heavy atom. The molecule has 0 saturated heterocycles. The molecule has 0 atom stereocenters. The molecule has 0 bridgehead atoms. The molecule has 0 amide bonds. The van der Waals surface area contributed by atoms with Crippen LogP contribution in [0.25, 0.3) is 0 Å². The van der Waals surface area contributed by atoms with E-state index in [1.54, 1.807) is 6.20 Å². The van der Waals surface area contributed by atoms with E-state index in [2.05, 4.69) is 43.5 Å². The van der Waals surface area contributed by atoms with Gasteiger partial charge in [0.15, 0.2) is 0 Å². The molecule has 0 saturated carbocycles. The van der Waals surface area contributed by atoms with Gasteiger partial charge in [0.05, 0.1) is 4.47 Å². The molecule has 1 rings (SSSR count).